The van der Waals surface area contributed by atoms with E-state index in [1.165, 1.54) is 0 Å². The molecular formula is C31H35N3O4. The number of hydrogen-bond donors (Lipinski definition) is 2. The normalized spacial score (nSPS) is 21.5. The highest BCUT2D eigenvalue weighted by molar-refractivity contribution is 5.89. The Hall–Kier alpha value is -3.71. The Morgan fingerprint density at radius 1 is 1.08 bits per heavy atom. The van der Waals surface area contributed by atoms with Crippen LogP contribution in [0.1, 0.15) is 69.3 Å². The molecule has 2 amide bonds. The molecule has 0 spiro atoms. The number of ether oxygens (including phenoxy) is 1. The summed E-state index contributed by atoms with van der Waals surface area (Å²) in [6.45, 7) is 5.99. The van der Waals surface area contributed by atoms with Crippen molar-refractivity contribution in [1.29, 1.82) is 0 Å². The molecule has 38 heavy (non-hydrogen) atoms. The summed E-state index contributed by atoms with van der Waals surface area (Å²) in [5.41, 5.74) is 7.72. The number of carbonyl (C=O) groups excluding carboxylic acids is 2. The first-order valence-corrected chi connectivity index (χ1v) is 13.2. The van der Waals surface area contributed by atoms with Gasteiger partial charge in [-0.1, -0.05) is 54.6 Å². The summed E-state index contributed by atoms with van der Waals surface area (Å²) in [6, 6.07) is 21.4. The van der Waals surface area contributed by atoms with Gasteiger partial charge in [-0.3, -0.25) is 9.78 Å². The van der Waals surface area contributed by atoms with E-state index in [1.54, 1.807) is 24.9 Å². The van der Waals surface area contributed by atoms with Crippen molar-refractivity contribution in [1.82, 2.24) is 9.88 Å². The SMILES string of the molecule is C[C@@H](c1ccc(-c2ccnc(C3(C(N)=O)CC3)c2)cc1)N1CC[C@](CC(C)(C)O)(c2ccccc2)OC1=O. The van der Waals surface area contributed by atoms with Gasteiger partial charge in [0, 0.05) is 25.6 Å². The summed E-state index contributed by atoms with van der Waals surface area (Å²) in [5.74, 6) is -0.321. The van der Waals surface area contributed by atoms with Gasteiger partial charge in [0.2, 0.25) is 5.91 Å². The zero-order chi connectivity index (χ0) is 27.1. The van der Waals surface area contributed by atoms with E-state index in [0.29, 0.717) is 19.4 Å². The fourth-order valence-electron chi connectivity index (χ4n) is 5.65. The average molecular weight is 514 g/mol. The largest absolute Gasteiger partial charge is 0.438 e. The zero-order valence-electron chi connectivity index (χ0n) is 22.2. The van der Waals surface area contributed by atoms with Gasteiger partial charge in [0.25, 0.3) is 0 Å². The van der Waals surface area contributed by atoms with Gasteiger partial charge in [-0.15, -0.1) is 0 Å². The molecule has 1 aliphatic carbocycles. The Labute approximate surface area is 223 Å². The molecule has 2 fully saturated rings. The predicted octanol–water partition coefficient (Wildman–Crippen LogP) is 5.23. The Morgan fingerprint density at radius 3 is 2.34 bits per heavy atom. The molecule has 3 aromatic rings. The Morgan fingerprint density at radius 2 is 1.76 bits per heavy atom. The maximum absolute atomic E-state index is 13.3. The summed E-state index contributed by atoms with van der Waals surface area (Å²) >= 11 is 0. The van der Waals surface area contributed by atoms with E-state index in [1.807, 2.05) is 73.7 Å². The van der Waals surface area contributed by atoms with Gasteiger partial charge >= 0.3 is 6.09 Å². The van der Waals surface area contributed by atoms with Crippen LogP contribution in [0.2, 0.25) is 0 Å². The molecule has 1 aliphatic heterocycles. The van der Waals surface area contributed by atoms with Crippen LogP contribution >= 0.6 is 0 Å². The predicted molar refractivity (Wildman–Crippen MR) is 145 cm³/mol. The molecule has 0 radical (unpaired) electrons. The Bertz CT molecular complexity index is 1330. The van der Waals surface area contributed by atoms with Gasteiger partial charge in [0.15, 0.2) is 0 Å². The Kier molecular flexibility index (Phi) is 6.51. The summed E-state index contributed by atoms with van der Waals surface area (Å²) < 4.78 is 6.14. The highest BCUT2D eigenvalue weighted by Crippen LogP contribution is 2.47. The zero-order valence-corrected chi connectivity index (χ0v) is 22.2. The lowest BCUT2D eigenvalue weighted by Gasteiger charge is -2.45. The minimum Gasteiger partial charge on any atom is -0.438 e. The second-order valence-corrected chi connectivity index (χ2v) is 11.3. The molecule has 0 bridgehead atoms. The molecule has 2 aliphatic rings. The first-order valence-electron chi connectivity index (χ1n) is 13.2. The minimum absolute atomic E-state index is 0.190. The Balaban J connectivity index is 1.33. The minimum atomic E-state index is -0.997. The molecule has 7 nitrogen and oxygen atoms in total. The number of cyclic esters (lactones) is 1. The molecule has 1 saturated carbocycles. The number of benzene rings is 2. The van der Waals surface area contributed by atoms with Gasteiger partial charge < -0.3 is 20.5 Å². The number of carbonyl (C=O) groups is 2. The van der Waals surface area contributed by atoms with Crippen molar-refractivity contribution in [3.8, 4) is 11.1 Å². The van der Waals surface area contributed by atoms with Gasteiger partial charge in [-0.05, 0) is 68.0 Å². The summed E-state index contributed by atoms with van der Waals surface area (Å²) in [5, 5.41) is 10.6. The fraction of sp³-hybridized carbons (Fsp3) is 0.387. The van der Waals surface area contributed by atoms with Crippen molar-refractivity contribution in [2.24, 2.45) is 5.73 Å². The first kappa shape index (κ1) is 25.9. The smallest absolute Gasteiger partial charge is 0.411 e. The molecule has 198 valence electrons. The van der Waals surface area contributed by atoms with E-state index in [4.69, 9.17) is 10.5 Å². The monoisotopic (exact) mass is 513 g/mol. The number of aliphatic hydroxyl groups is 1. The lowest BCUT2D eigenvalue weighted by Crippen LogP contribution is -2.51. The first-order chi connectivity index (χ1) is 18.0. The van der Waals surface area contributed by atoms with Gasteiger partial charge in [0.1, 0.15) is 5.60 Å². The van der Waals surface area contributed by atoms with Crippen LogP contribution in [0.3, 0.4) is 0 Å². The summed E-state index contributed by atoms with van der Waals surface area (Å²) in [7, 11) is 0. The summed E-state index contributed by atoms with van der Waals surface area (Å²) in [4.78, 5) is 31.4. The van der Waals surface area contributed by atoms with E-state index in [0.717, 1.165) is 40.8 Å². The molecule has 0 unspecified atom stereocenters. The van der Waals surface area contributed by atoms with E-state index < -0.39 is 16.6 Å². The van der Waals surface area contributed by atoms with Crippen LogP contribution in [0.25, 0.3) is 11.1 Å². The molecule has 3 N–H and O–H groups in total. The third-order valence-electron chi connectivity index (χ3n) is 7.96. The highest BCUT2D eigenvalue weighted by Gasteiger charge is 2.51. The average Bonchev–Trinajstić information content (AvgIpc) is 3.71. The maximum atomic E-state index is 13.3. The van der Waals surface area contributed by atoms with Crippen LogP contribution in [-0.4, -0.2) is 39.1 Å². The van der Waals surface area contributed by atoms with E-state index in [2.05, 4.69) is 4.98 Å². The van der Waals surface area contributed by atoms with Crippen LogP contribution in [0.15, 0.2) is 72.9 Å². The number of nitrogens with two attached hydrogens (primary N) is 1. The number of amides is 2. The fourth-order valence-corrected chi connectivity index (χ4v) is 5.65. The van der Waals surface area contributed by atoms with Gasteiger partial charge in [0.05, 0.1) is 22.8 Å². The maximum Gasteiger partial charge on any atom is 0.411 e. The topological polar surface area (TPSA) is 106 Å². The molecule has 2 heterocycles. The number of pyridine rings is 1. The van der Waals surface area contributed by atoms with Crippen LogP contribution in [0.5, 0.6) is 0 Å². The van der Waals surface area contributed by atoms with Crippen molar-refractivity contribution in [3.63, 3.8) is 0 Å². The number of nitrogens with zero attached hydrogens (tertiary/aromatic N) is 2. The third-order valence-corrected chi connectivity index (χ3v) is 7.96. The van der Waals surface area contributed by atoms with Crippen molar-refractivity contribution in [2.75, 3.05) is 6.54 Å². The second kappa shape index (κ2) is 9.55. The molecule has 2 aromatic carbocycles. The lowest BCUT2D eigenvalue weighted by atomic mass is 9.80. The van der Waals surface area contributed by atoms with E-state index in [9.17, 15) is 14.7 Å². The standard InChI is InChI=1S/C31H35N3O4/c1-21(34-18-16-31(38-28(34)36,20-29(2,3)37)25-7-5-4-6-8-25)22-9-11-23(12-10-22)24-13-17-33-26(19-24)30(14-15-30)27(32)35/h4-13,17,19,21,37H,14-16,18,20H2,1-3H3,(H2,32,35)/t21-,31-/m0/s1. The van der Waals surface area contributed by atoms with Crippen LogP contribution in [0.4, 0.5) is 4.79 Å². The second-order valence-electron chi connectivity index (χ2n) is 11.3. The quantitative estimate of drug-likeness (QED) is 0.429. The van der Waals surface area contributed by atoms with Crippen molar-refractivity contribution >= 4 is 12.0 Å². The van der Waals surface area contributed by atoms with Crippen molar-refractivity contribution in [3.05, 3.63) is 89.7 Å². The number of primary amides is 1. The molecule has 5 rings (SSSR count). The molecule has 1 saturated heterocycles. The van der Waals surface area contributed by atoms with Crippen molar-refractivity contribution in [2.45, 2.75) is 69.1 Å². The van der Waals surface area contributed by atoms with E-state index in [-0.39, 0.29) is 18.0 Å². The molecule has 1 aromatic heterocycles. The van der Waals surface area contributed by atoms with Crippen molar-refractivity contribution < 1.29 is 19.4 Å². The molecule has 2 atom stereocenters. The number of hydrogen-bond acceptors (Lipinski definition) is 5. The van der Waals surface area contributed by atoms with Crippen LogP contribution in [0, 0.1) is 0 Å². The molecular weight excluding hydrogens is 478 g/mol. The highest BCUT2D eigenvalue weighted by atomic mass is 16.6. The van der Waals surface area contributed by atoms with E-state index >= 15 is 0 Å². The van der Waals surface area contributed by atoms with Crippen LogP contribution < -0.4 is 5.73 Å². The lowest BCUT2D eigenvalue weighted by molar-refractivity contribution is -0.120. The number of rotatable bonds is 8. The summed E-state index contributed by atoms with van der Waals surface area (Å²) in [6.07, 6.45) is 3.71. The van der Waals surface area contributed by atoms with Crippen LogP contribution in [-0.2, 0) is 20.5 Å². The number of aromatic nitrogens is 1. The van der Waals surface area contributed by atoms with Gasteiger partial charge in [-0.25, -0.2) is 4.79 Å². The third kappa shape index (κ3) is 4.90. The van der Waals surface area contributed by atoms with Gasteiger partial charge in [-0.2, -0.15) is 0 Å². The molecule has 7 heteroatoms.